The first-order valence-corrected chi connectivity index (χ1v) is 20.1. The Morgan fingerprint density at radius 3 is 0.727 bits per heavy atom. The minimum absolute atomic E-state index is 0.630. The standard InChI is InChI=1S/C51H37N3S/c1-6-16-38(17-7-1)40-26-30-42(31-27-40)49-52-50(43-32-28-41(29-33-43)39-18-8-2-9-19-39)54-51(53-49)44-34-36-48(37-35-44)55(45-20-10-3-11-21-45,46-22-12-4-13-23-46)47-24-14-5-15-25-47/h1-37H. The van der Waals surface area contributed by atoms with Gasteiger partial charge in [0, 0.05) is 36.3 Å². The van der Waals surface area contributed by atoms with Gasteiger partial charge in [-0.25, -0.2) is 15.0 Å². The number of hydrogen-bond donors (Lipinski definition) is 0. The van der Waals surface area contributed by atoms with Crippen LogP contribution < -0.4 is 0 Å². The smallest absolute Gasteiger partial charge is 0.164 e. The molecule has 0 spiro atoms. The molecular formula is C51H37N3S. The van der Waals surface area contributed by atoms with Crippen LogP contribution in [0, 0.1) is 0 Å². The minimum Gasteiger partial charge on any atom is -0.208 e. The lowest BCUT2D eigenvalue weighted by atomic mass is 10.0. The molecule has 0 aliphatic rings. The lowest BCUT2D eigenvalue weighted by Gasteiger charge is -2.42. The van der Waals surface area contributed by atoms with Gasteiger partial charge in [0.15, 0.2) is 17.5 Å². The molecular weight excluding hydrogens is 687 g/mol. The molecule has 9 rings (SSSR count). The Bertz CT molecular complexity index is 2430. The van der Waals surface area contributed by atoms with Crippen molar-refractivity contribution >= 4 is 10.0 Å². The molecule has 9 aromatic rings. The first-order chi connectivity index (χ1) is 27.3. The van der Waals surface area contributed by atoms with Crippen LogP contribution in [-0.2, 0) is 0 Å². The van der Waals surface area contributed by atoms with Gasteiger partial charge in [0.2, 0.25) is 0 Å². The van der Waals surface area contributed by atoms with Gasteiger partial charge in [-0.2, -0.15) is 0 Å². The Morgan fingerprint density at radius 2 is 0.418 bits per heavy atom. The minimum atomic E-state index is -1.82. The Morgan fingerprint density at radius 1 is 0.200 bits per heavy atom. The molecule has 0 bridgehead atoms. The molecule has 0 radical (unpaired) electrons. The van der Waals surface area contributed by atoms with Gasteiger partial charge in [-0.3, -0.25) is 0 Å². The maximum atomic E-state index is 5.12. The van der Waals surface area contributed by atoms with Crippen LogP contribution in [0.25, 0.3) is 56.4 Å². The molecule has 4 heteroatoms. The zero-order valence-electron chi connectivity index (χ0n) is 30.1. The fraction of sp³-hybridized carbons (Fsp3) is 0. The number of nitrogens with zero attached hydrogens (tertiary/aromatic N) is 3. The third kappa shape index (κ3) is 6.76. The van der Waals surface area contributed by atoms with E-state index in [1.54, 1.807) is 0 Å². The van der Waals surface area contributed by atoms with Crippen molar-refractivity contribution in [2.24, 2.45) is 0 Å². The summed E-state index contributed by atoms with van der Waals surface area (Å²) in [6.45, 7) is 0. The molecule has 0 fully saturated rings. The highest BCUT2D eigenvalue weighted by Gasteiger charge is 2.33. The second-order valence-corrected chi connectivity index (χ2v) is 16.4. The Kier molecular flexibility index (Phi) is 9.39. The largest absolute Gasteiger partial charge is 0.208 e. The van der Waals surface area contributed by atoms with E-state index < -0.39 is 10.0 Å². The highest BCUT2D eigenvalue weighted by atomic mass is 32.3. The van der Waals surface area contributed by atoms with Crippen LogP contribution in [-0.4, -0.2) is 15.0 Å². The quantitative estimate of drug-likeness (QED) is 0.149. The topological polar surface area (TPSA) is 38.7 Å². The van der Waals surface area contributed by atoms with E-state index in [9.17, 15) is 0 Å². The third-order valence-corrected chi connectivity index (χ3v) is 13.8. The van der Waals surface area contributed by atoms with Gasteiger partial charge in [-0.1, -0.05) is 176 Å². The van der Waals surface area contributed by atoms with Gasteiger partial charge in [0.1, 0.15) is 0 Å². The summed E-state index contributed by atoms with van der Waals surface area (Å²) >= 11 is 0. The summed E-state index contributed by atoms with van der Waals surface area (Å²) in [5, 5.41) is 0. The van der Waals surface area contributed by atoms with Gasteiger partial charge in [-0.15, -0.1) is 10.0 Å². The van der Waals surface area contributed by atoms with Gasteiger partial charge < -0.3 is 0 Å². The highest BCUT2D eigenvalue weighted by Crippen LogP contribution is 2.73. The summed E-state index contributed by atoms with van der Waals surface area (Å²) in [7, 11) is -1.82. The van der Waals surface area contributed by atoms with Crippen molar-refractivity contribution < 1.29 is 0 Å². The number of hydrogen-bond acceptors (Lipinski definition) is 3. The predicted molar refractivity (Wildman–Crippen MR) is 227 cm³/mol. The monoisotopic (exact) mass is 723 g/mol. The van der Waals surface area contributed by atoms with E-state index >= 15 is 0 Å². The van der Waals surface area contributed by atoms with Crippen LogP contribution in [0.3, 0.4) is 0 Å². The molecule has 0 aliphatic carbocycles. The summed E-state index contributed by atoms with van der Waals surface area (Å²) in [5.41, 5.74) is 7.43. The normalized spacial score (nSPS) is 11.6. The number of benzene rings is 8. The van der Waals surface area contributed by atoms with E-state index in [0.717, 1.165) is 27.8 Å². The summed E-state index contributed by atoms with van der Waals surface area (Å²) in [4.78, 5) is 20.4. The van der Waals surface area contributed by atoms with Crippen molar-refractivity contribution in [3.8, 4) is 56.4 Å². The fourth-order valence-corrected chi connectivity index (χ4v) is 11.0. The van der Waals surface area contributed by atoms with Crippen LogP contribution in [0.5, 0.6) is 0 Å². The molecule has 0 unspecified atom stereocenters. The summed E-state index contributed by atoms with van der Waals surface area (Å²) < 4.78 is 0. The van der Waals surface area contributed by atoms with E-state index in [2.05, 4.69) is 212 Å². The van der Waals surface area contributed by atoms with E-state index in [1.165, 1.54) is 30.7 Å². The first kappa shape index (κ1) is 33.9. The zero-order valence-corrected chi connectivity index (χ0v) is 30.9. The molecule has 0 amide bonds. The molecule has 8 aromatic carbocycles. The number of aromatic nitrogens is 3. The predicted octanol–water partition coefficient (Wildman–Crippen LogP) is 13.5. The van der Waals surface area contributed by atoms with E-state index in [-0.39, 0.29) is 0 Å². The Balaban J connectivity index is 1.17. The lowest BCUT2D eigenvalue weighted by molar-refractivity contribution is 1.07. The molecule has 55 heavy (non-hydrogen) atoms. The maximum Gasteiger partial charge on any atom is 0.164 e. The Labute approximate surface area is 324 Å². The van der Waals surface area contributed by atoms with Crippen molar-refractivity contribution in [3.63, 3.8) is 0 Å². The van der Waals surface area contributed by atoms with Gasteiger partial charge >= 0.3 is 0 Å². The van der Waals surface area contributed by atoms with Gasteiger partial charge in [-0.05, 0) is 70.8 Å². The van der Waals surface area contributed by atoms with Crippen molar-refractivity contribution in [1.82, 2.24) is 15.0 Å². The van der Waals surface area contributed by atoms with Crippen molar-refractivity contribution in [2.75, 3.05) is 0 Å². The van der Waals surface area contributed by atoms with Crippen molar-refractivity contribution in [2.45, 2.75) is 19.6 Å². The van der Waals surface area contributed by atoms with Crippen molar-refractivity contribution in [1.29, 1.82) is 0 Å². The maximum absolute atomic E-state index is 5.12. The zero-order chi connectivity index (χ0) is 36.9. The molecule has 262 valence electrons. The van der Waals surface area contributed by atoms with Gasteiger partial charge in [0.05, 0.1) is 0 Å². The molecule has 0 atom stereocenters. The summed E-state index contributed by atoms with van der Waals surface area (Å²) in [6, 6.07) is 79.4. The number of rotatable bonds is 9. The average Bonchev–Trinajstić information content (AvgIpc) is 3.28. The average molecular weight is 724 g/mol. The first-order valence-electron chi connectivity index (χ1n) is 18.4. The van der Waals surface area contributed by atoms with Crippen LogP contribution in [0.4, 0.5) is 0 Å². The second kappa shape index (κ2) is 15.2. The van der Waals surface area contributed by atoms with Crippen LogP contribution >= 0.6 is 10.0 Å². The summed E-state index contributed by atoms with van der Waals surface area (Å²) in [6.07, 6.45) is 0. The molecule has 0 N–H and O–H groups in total. The molecule has 0 aliphatic heterocycles. The summed E-state index contributed by atoms with van der Waals surface area (Å²) in [5.74, 6) is 1.90. The van der Waals surface area contributed by atoms with E-state index in [4.69, 9.17) is 15.0 Å². The molecule has 3 nitrogen and oxygen atoms in total. The molecule has 1 aromatic heterocycles. The highest BCUT2D eigenvalue weighted by molar-refractivity contribution is 8.34. The SMILES string of the molecule is c1ccc(-c2ccc(-c3nc(-c4ccc(-c5ccccc5)cc4)nc(-c4ccc(S(c5ccccc5)(c5ccccc5)c5ccccc5)cc4)n3)cc2)cc1. The van der Waals surface area contributed by atoms with Crippen molar-refractivity contribution in [3.05, 3.63) is 224 Å². The second-order valence-electron chi connectivity index (χ2n) is 13.3. The van der Waals surface area contributed by atoms with Crippen LogP contribution in [0.1, 0.15) is 0 Å². The molecule has 1 heterocycles. The van der Waals surface area contributed by atoms with Crippen LogP contribution in [0.15, 0.2) is 244 Å². The van der Waals surface area contributed by atoms with E-state index in [0.29, 0.717) is 17.5 Å². The van der Waals surface area contributed by atoms with Gasteiger partial charge in [0.25, 0.3) is 0 Å². The Hall–Kier alpha value is -6.88. The fourth-order valence-electron chi connectivity index (χ4n) is 7.15. The molecule has 0 saturated heterocycles. The molecule has 0 saturated carbocycles. The van der Waals surface area contributed by atoms with E-state index in [1.807, 2.05) is 12.1 Å². The lowest BCUT2D eigenvalue weighted by Crippen LogP contribution is -2.05. The third-order valence-electron chi connectivity index (χ3n) is 9.89. The van der Waals surface area contributed by atoms with Crippen LogP contribution in [0.2, 0.25) is 0 Å².